The van der Waals surface area contributed by atoms with E-state index in [0.29, 0.717) is 18.8 Å². The van der Waals surface area contributed by atoms with E-state index in [9.17, 15) is 14.7 Å². The molecule has 35 heavy (non-hydrogen) atoms. The van der Waals surface area contributed by atoms with Crippen molar-refractivity contribution in [2.24, 2.45) is 0 Å². The first kappa shape index (κ1) is 29.3. The van der Waals surface area contributed by atoms with Gasteiger partial charge in [-0.25, -0.2) is 0 Å². The van der Waals surface area contributed by atoms with Crippen molar-refractivity contribution in [1.29, 1.82) is 0 Å². The average molecular weight is 558 g/mol. The molecule has 9 nitrogen and oxygen atoms in total. The molecule has 0 bridgehead atoms. The Hall–Kier alpha value is -1.94. The summed E-state index contributed by atoms with van der Waals surface area (Å²) in [6, 6.07) is 9.07. The van der Waals surface area contributed by atoms with Gasteiger partial charge >= 0.3 is 215 Å². The fraction of sp³-hybridized carbons (Fsp3) is 0.600. The summed E-state index contributed by atoms with van der Waals surface area (Å²) in [7, 11) is 5.21. The number of aliphatic hydroxyl groups is 1. The second-order valence-corrected chi connectivity index (χ2v) is 12.1. The summed E-state index contributed by atoms with van der Waals surface area (Å²) in [6.07, 6.45) is 0.410. The summed E-state index contributed by atoms with van der Waals surface area (Å²) in [6.45, 7) is 5.69. The number of hydrogen-bond donors (Lipinski definition) is 1. The summed E-state index contributed by atoms with van der Waals surface area (Å²) in [5.74, 6) is -0.188. The topological polar surface area (TPSA) is 97.8 Å². The minimum atomic E-state index is -0.742. The van der Waals surface area contributed by atoms with E-state index in [-0.39, 0.29) is 45.5 Å². The molecule has 2 rings (SSSR count). The number of carbonyl (C=O) groups excluding carboxylic acids is 2. The van der Waals surface area contributed by atoms with Crippen molar-refractivity contribution in [2.45, 2.75) is 43.3 Å². The van der Waals surface area contributed by atoms with Crippen molar-refractivity contribution in [3.05, 3.63) is 42.1 Å². The number of ketones is 1. The molecule has 0 spiro atoms. The van der Waals surface area contributed by atoms with Crippen molar-refractivity contribution in [1.82, 2.24) is 9.80 Å². The first-order valence-corrected chi connectivity index (χ1v) is 13.3. The molecule has 10 heteroatoms. The van der Waals surface area contributed by atoms with E-state index in [1.807, 2.05) is 44.4 Å². The van der Waals surface area contributed by atoms with Crippen LogP contribution in [-0.4, -0.2) is 114 Å². The number of ether oxygens (including phenoxy) is 4. The Morgan fingerprint density at radius 2 is 1.94 bits per heavy atom. The van der Waals surface area contributed by atoms with E-state index >= 15 is 0 Å². The van der Waals surface area contributed by atoms with E-state index < -0.39 is 23.8 Å². The normalized spacial score (nSPS) is 19.2. The van der Waals surface area contributed by atoms with Crippen LogP contribution >= 0.6 is 0 Å². The average Bonchev–Trinajstić information content (AvgIpc) is 3.10. The van der Waals surface area contributed by atoms with E-state index in [1.165, 1.54) is 4.90 Å². The van der Waals surface area contributed by atoms with Crippen LogP contribution in [-0.2, 0) is 23.7 Å². The second kappa shape index (κ2) is 14.0. The van der Waals surface area contributed by atoms with Gasteiger partial charge in [-0.3, -0.25) is 0 Å². The van der Waals surface area contributed by atoms with Crippen LogP contribution in [0.2, 0.25) is 4.82 Å². The van der Waals surface area contributed by atoms with Crippen molar-refractivity contribution >= 4 is 31.3 Å². The number of Topliss-reactive ketones (excluding diaryl/α,β-unsaturated/α-hetero) is 1. The monoisotopic (exact) mass is 558 g/mol. The van der Waals surface area contributed by atoms with E-state index in [1.54, 1.807) is 39.0 Å². The molecule has 0 unspecified atom stereocenters. The van der Waals surface area contributed by atoms with Gasteiger partial charge in [0.2, 0.25) is 0 Å². The third kappa shape index (κ3) is 9.22. The van der Waals surface area contributed by atoms with Crippen molar-refractivity contribution < 1.29 is 33.6 Å². The molecule has 196 valence electrons. The zero-order valence-corrected chi connectivity index (χ0v) is 23.1. The van der Waals surface area contributed by atoms with Crippen LogP contribution in [0.1, 0.15) is 20.8 Å². The van der Waals surface area contributed by atoms with E-state index in [2.05, 4.69) is 0 Å². The molecule has 1 heterocycles. The molecule has 1 aromatic carbocycles. The molecule has 1 amide bonds. The Bertz CT molecular complexity index is 842. The first-order valence-electron chi connectivity index (χ1n) is 11.5. The van der Waals surface area contributed by atoms with Gasteiger partial charge in [-0.15, -0.1) is 0 Å². The SMILES string of the molecule is COCCOCO[C@H]([C@H](CO)[Se]c1ccccc1)[C@@H]1/C(=C/N(C)C)C(=O)CN1C(=O)OC(C)(C)C. The van der Waals surface area contributed by atoms with Crippen molar-refractivity contribution in [3.63, 3.8) is 0 Å². The third-order valence-corrected chi connectivity index (χ3v) is 7.63. The van der Waals surface area contributed by atoms with Gasteiger partial charge in [-0.05, 0) is 0 Å². The van der Waals surface area contributed by atoms with Crippen LogP contribution in [0.4, 0.5) is 4.79 Å². The number of hydrogen-bond acceptors (Lipinski definition) is 8. The van der Waals surface area contributed by atoms with Crippen LogP contribution in [0.3, 0.4) is 0 Å². The van der Waals surface area contributed by atoms with Gasteiger partial charge in [-0.1, -0.05) is 0 Å². The zero-order chi connectivity index (χ0) is 26.0. The predicted octanol–water partition coefficient (Wildman–Crippen LogP) is 1.44. The number of methoxy groups -OCH3 is 1. The maximum atomic E-state index is 13.2. The Morgan fingerprint density at radius 1 is 1.26 bits per heavy atom. The van der Waals surface area contributed by atoms with E-state index in [4.69, 9.17) is 18.9 Å². The van der Waals surface area contributed by atoms with Gasteiger partial charge in [-0.2, -0.15) is 0 Å². The van der Waals surface area contributed by atoms with Gasteiger partial charge < -0.3 is 0 Å². The molecular weight excluding hydrogens is 519 g/mol. The molecule has 1 aliphatic heterocycles. The van der Waals surface area contributed by atoms with Crippen LogP contribution in [0.25, 0.3) is 0 Å². The van der Waals surface area contributed by atoms with Gasteiger partial charge in [0, 0.05) is 0 Å². The molecule has 1 aromatic rings. The van der Waals surface area contributed by atoms with Gasteiger partial charge in [0.25, 0.3) is 0 Å². The Labute approximate surface area is 214 Å². The Kier molecular flexibility index (Phi) is 11.7. The maximum absolute atomic E-state index is 13.2. The van der Waals surface area contributed by atoms with Crippen LogP contribution in [0.5, 0.6) is 0 Å². The fourth-order valence-electron chi connectivity index (χ4n) is 3.57. The van der Waals surface area contributed by atoms with Crippen LogP contribution < -0.4 is 4.46 Å². The molecule has 1 N–H and O–H groups in total. The summed E-state index contributed by atoms with van der Waals surface area (Å²) >= 11 is -0.207. The first-order chi connectivity index (χ1) is 16.6. The number of likely N-dealkylation sites (tertiary alicyclic amines) is 1. The molecule has 3 atom stereocenters. The second-order valence-electron chi connectivity index (χ2n) is 9.33. The minimum absolute atomic E-state index is 0.0719. The fourth-order valence-corrected chi connectivity index (χ4v) is 5.88. The standard InChI is InChI=1S/C25H38N2O7Se/c1-25(2,3)34-24(30)27-15-20(29)19(14-26(4)5)22(27)23(33-17-32-13-12-31-6)21(16-28)35-18-10-8-7-9-11-18/h7-11,14,21-23,28H,12-13,15-17H2,1-6H3/b19-14+/t21-,22-,23+/m0/s1. The van der Waals surface area contributed by atoms with Gasteiger partial charge in [0.1, 0.15) is 0 Å². The molecule has 0 radical (unpaired) electrons. The number of aliphatic hydroxyl groups excluding tert-OH is 1. The molecule has 0 aromatic heterocycles. The van der Waals surface area contributed by atoms with Gasteiger partial charge in [0.05, 0.1) is 0 Å². The summed E-state index contributed by atoms with van der Waals surface area (Å²) in [4.78, 5) is 29.1. The number of nitrogens with zero attached hydrogens (tertiary/aromatic N) is 2. The molecule has 1 saturated heterocycles. The Morgan fingerprint density at radius 3 is 2.51 bits per heavy atom. The predicted molar refractivity (Wildman–Crippen MR) is 134 cm³/mol. The van der Waals surface area contributed by atoms with Crippen molar-refractivity contribution in [3.8, 4) is 0 Å². The number of amides is 1. The van der Waals surface area contributed by atoms with Crippen molar-refractivity contribution in [2.75, 3.05) is 54.4 Å². The Balaban J connectivity index is 2.45. The number of benzene rings is 1. The quantitative estimate of drug-likeness (QED) is 0.179. The third-order valence-electron chi connectivity index (χ3n) is 4.98. The van der Waals surface area contributed by atoms with Crippen LogP contribution in [0.15, 0.2) is 42.1 Å². The van der Waals surface area contributed by atoms with E-state index in [0.717, 1.165) is 4.46 Å². The number of carbonyl (C=O) groups is 2. The molecule has 0 aliphatic carbocycles. The molecule has 0 saturated carbocycles. The molecule has 1 fully saturated rings. The molecular formula is C25H38N2O7Se. The summed E-state index contributed by atoms with van der Waals surface area (Å²) in [5.41, 5.74) is -0.298. The number of rotatable bonds is 12. The van der Waals surface area contributed by atoms with Crippen LogP contribution in [0, 0.1) is 0 Å². The summed E-state index contributed by atoms with van der Waals surface area (Å²) < 4.78 is 23.5. The summed E-state index contributed by atoms with van der Waals surface area (Å²) in [5, 5.41) is 10.4. The van der Waals surface area contributed by atoms with Gasteiger partial charge in [0.15, 0.2) is 0 Å². The zero-order valence-electron chi connectivity index (χ0n) is 21.4. The molecule has 1 aliphatic rings.